The fraction of sp³-hybridized carbons (Fsp3) is 0.750. The number of rotatable bonds is 7. The smallest absolute Gasteiger partial charge is 0.328 e. The van der Waals surface area contributed by atoms with E-state index in [9.17, 15) is 9.59 Å². The molecule has 1 unspecified atom stereocenters. The first kappa shape index (κ1) is 18.4. The summed E-state index contributed by atoms with van der Waals surface area (Å²) in [5.41, 5.74) is 5.32. The maximum absolute atomic E-state index is 12.9. The number of nitrogens with two attached hydrogens (primary N) is 1. The molecule has 24 heavy (non-hydrogen) atoms. The summed E-state index contributed by atoms with van der Waals surface area (Å²) in [6.45, 7) is 11.1. The first-order chi connectivity index (χ1) is 11.3. The molecule has 0 radical (unpaired) electrons. The molecule has 0 aliphatic rings. The van der Waals surface area contributed by atoms with Crippen molar-refractivity contribution < 1.29 is 0 Å². The highest BCUT2D eigenvalue weighted by atomic mass is 16.2. The van der Waals surface area contributed by atoms with Crippen molar-refractivity contribution in [3.8, 4) is 0 Å². The molecule has 0 amide bonds. The van der Waals surface area contributed by atoms with Gasteiger partial charge in [0.25, 0.3) is 5.56 Å². The van der Waals surface area contributed by atoms with Gasteiger partial charge in [0.1, 0.15) is 0 Å². The largest absolute Gasteiger partial charge is 0.332 e. The van der Waals surface area contributed by atoms with Crippen molar-refractivity contribution in [1.82, 2.24) is 24.1 Å². The van der Waals surface area contributed by atoms with Gasteiger partial charge in [-0.3, -0.25) is 13.9 Å². The van der Waals surface area contributed by atoms with Crippen LogP contribution in [0.2, 0.25) is 0 Å². The summed E-state index contributed by atoms with van der Waals surface area (Å²) in [6.07, 6.45) is 1.63. The molecule has 2 rings (SSSR count). The minimum absolute atomic E-state index is 0.297. The van der Waals surface area contributed by atoms with E-state index in [2.05, 4.69) is 24.2 Å². The number of hydrogen-bond donors (Lipinski definition) is 1. The summed E-state index contributed by atoms with van der Waals surface area (Å²) >= 11 is 0. The van der Waals surface area contributed by atoms with Gasteiger partial charge in [-0.15, -0.1) is 5.10 Å². The van der Waals surface area contributed by atoms with E-state index in [4.69, 9.17) is 5.73 Å². The highest BCUT2D eigenvalue weighted by Gasteiger charge is 2.27. The fourth-order valence-electron chi connectivity index (χ4n) is 2.63. The van der Waals surface area contributed by atoms with Crippen LogP contribution in [0.5, 0.6) is 0 Å². The Morgan fingerprint density at radius 2 is 1.88 bits per heavy atom. The lowest BCUT2D eigenvalue weighted by Crippen LogP contribution is -2.43. The van der Waals surface area contributed by atoms with Gasteiger partial charge in [-0.2, -0.15) is 0 Å². The van der Waals surface area contributed by atoms with E-state index < -0.39 is 5.54 Å². The molecule has 0 saturated carbocycles. The van der Waals surface area contributed by atoms with Crippen molar-refractivity contribution in [3.63, 3.8) is 0 Å². The Hall–Kier alpha value is -1.96. The number of fused-ring (bicyclic) bond motifs is 1. The Bertz CT molecular complexity index is 829. The third-order valence-corrected chi connectivity index (χ3v) is 4.53. The summed E-state index contributed by atoms with van der Waals surface area (Å²) in [7, 11) is 0. The SMILES string of the molecule is CCCn1c(=O)c2c(nnn2C(C)(C)CN)n(CC(C)CC)c1=O. The van der Waals surface area contributed by atoms with E-state index in [0.29, 0.717) is 43.1 Å². The molecule has 1 atom stereocenters. The number of nitrogens with zero attached hydrogens (tertiary/aromatic N) is 5. The zero-order valence-electron chi connectivity index (χ0n) is 15.2. The normalized spacial score (nSPS) is 13.6. The monoisotopic (exact) mass is 336 g/mol. The molecule has 2 aromatic rings. The Kier molecular flexibility index (Phi) is 5.27. The predicted octanol–water partition coefficient (Wildman–Crippen LogP) is 0.905. The van der Waals surface area contributed by atoms with Crippen LogP contribution in [0.4, 0.5) is 0 Å². The van der Waals surface area contributed by atoms with Gasteiger partial charge in [0, 0.05) is 19.6 Å². The summed E-state index contributed by atoms with van der Waals surface area (Å²) in [4.78, 5) is 25.7. The second-order valence-corrected chi connectivity index (χ2v) is 7.05. The van der Waals surface area contributed by atoms with Gasteiger partial charge < -0.3 is 5.73 Å². The lowest BCUT2D eigenvalue weighted by Gasteiger charge is -2.23. The van der Waals surface area contributed by atoms with Crippen LogP contribution in [-0.4, -0.2) is 30.7 Å². The average Bonchev–Trinajstić information content (AvgIpc) is 3.01. The third-order valence-electron chi connectivity index (χ3n) is 4.53. The minimum Gasteiger partial charge on any atom is -0.328 e. The molecule has 0 aromatic carbocycles. The standard InChI is InChI=1S/C16H28N6O2/c1-6-8-20-14(23)12-13(18-19-22(12)16(4,5)10-17)21(15(20)24)9-11(3)7-2/h11H,6-10,17H2,1-5H3. The maximum atomic E-state index is 12.9. The molecule has 0 fully saturated rings. The van der Waals surface area contributed by atoms with E-state index in [1.54, 1.807) is 9.25 Å². The first-order valence-electron chi connectivity index (χ1n) is 8.58. The highest BCUT2D eigenvalue weighted by molar-refractivity contribution is 5.69. The van der Waals surface area contributed by atoms with Crippen molar-refractivity contribution in [2.75, 3.05) is 6.54 Å². The molecule has 0 bridgehead atoms. The van der Waals surface area contributed by atoms with Crippen LogP contribution in [0.25, 0.3) is 11.2 Å². The fourth-order valence-corrected chi connectivity index (χ4v) is 2.63. The molecular weight excluding hydrogens is 308 g/mol. The molecule has 2 N–H and O–H groups in total. The second-order valence-electron chi connectivity index (χ2n) is 7.05. The summed E-state index contributed by atoms with van der Waals surface area (Å²) in [5.74, 6) is 0.297. The van der Waals surface area contributed by atoms with Crippen LogP contribution in [0.15, 0.2) is 9.59 Å². The number of aromatic nitrogens is 5. The summed E-state index contributed by atoms with van der Waals surface area (Å²) in [6, 6.07) is 0. The third kappa shape index (κ3) is 3.02. The molecule has 0 aliphatic carbocycles. The highest BCUT2D eigenvalue weighted by Crippen LogP contribution is 2.17. The zero-order chi connectivity index (χ0) is 18.1. The number of hydrogen-bond acceptors (Lipinski definition) is 5. The molecule has 0 spiro atoms. The molecule has 2 aromatic heterocycles. The molecule has 8 nitrogen and oxygen atoms in total. The van der Waals surface area contributed by atoms with Crippen molar-refractivity contribution >= 4 is 11.2 Å². The average molecular weight is 336 g/mol. The lowest BCUT2D eigenvalue weighted by molar-refractivity contribution is 0.332. The van der Waals surface area contributed by atoms with Crippen LogP contribution < -0.4 is 17.0 Å². The van der Waals surface area contributed by atoms with E-state index in [-0.39, 0.29) is 11.2 Å². The summed E-state index contributed by atoms with van der Waals surface area (Å²) in [5, 5.41) is 8.30. The predicted molar refractivity (Wildman–Crippen MR) is 94.2 cm³/mol. The van der Waals surface area contributed by atoms with E-state index in [1.807, 2.05) is 20.8 Å². The van der Waals surface area contributed by atoms with Crippen LogP contribution in [-0.2, 0) is 18.6 Å². The Morgan fingerprint density at radius 1 is 1.21 bits per heavy atom. The first-order valence-corrected chi connectivity index (χ1v) is 8.58. The molecule has 0 aliphatic heterocycles. The lowest BCUT2D eigenvalue weighted by atomic mass is 10.1. The van der Waals surface area contributed by atoms with Crippen molar-refractivity contribution in [2.24, 2.45) is 11.7 Å². The minimum atomic E-state index is -0.559. The van der Waals surface area contributed by atoms with Crippen molar-refractivity contribution in [3.05, 3.63) is 20.8 Å². The van der Waals surface area contributed by atoms with E-state index >= 15 is 0 Å². The van der Waals surface area contributed by atoms with Gasteiger partial charge >= 0.3 is 5.69 Å². The van der Waals surface area contributed by atoms with Gasteiger partial charge in [-0.1, -0.05) is 32.4 Å². The Balaban J connectivity index is 2.86. The van der Waals surface area contributed by atoms with Gasteiger partial charge in [-0.25, -0.2) is 9.48 Å². The zero-order valence-corrected chi connectivity index (χ0v) is 15.2. The topological polar surface area (TPSA) is 101 Å². The molecule has 134 valence electrons. The van der Waals surface area contributed by atoms with Crippen LogP contribution in [0, 0.1) is 5.92 Å². The van der Waals surface area contributed by atoms with Gasteiger partial charge in [0.05, 0.1) is 5.54 Å². The van der Waals surface area contributed by atoms with Crippen LogP contribution >= 0.6 is 0 Å². The van der Waals surface area contributed by atoms with Gasteiger partial charge in [-0.05, 0) is 26.2 Å². The van der Waals surface area contributed by atoms with Crippen LogP contribution in [0.3, 0.4) is 0 Å². The van der Waals surface area contributed by atoms with Crippen molar-refractivity contribution in [1.29, 1.82) is 0 Å². The Labute approximate surface area is 141 Å². The Morgan fingerprint density at radius 3 is 2.42 bits per heavy atom. The van der Waals surface area contributed by atoms with Crippen LogP contribution in [0.1, 0.15) is 47.5 Å². The molecule has 0 saturated heterocycles. The second kappa shape index (κ2) is 6.88. The molecule has 2 heterocycles. The quantitative estimate of drug-likeness (QED) is 0.810. The maximum Gasteiger partial charge on any atom is 0.332 e. The van der Waals surface area contributed by atoms with Crippen molar-refractivity contribution in [2.45, 2.75) is 66.1 Å². The van der Waals surface area contributed by atoms with E-state index in [0.717, 1.165) is 6.42 Å². The van der Waals surface area contributed by atoms with Gasteiger partial charge in [0.15, 0.2) is 11.2 Å². The molecule has 8 heteroatoms. The van der Waals surface area contributed by atoms with E-state index in [1.165, 1.54) is 4.57 Å². The molecular formula is C16H28N6O2. The van der Waals surface area contributed by atoms with Gasteiger partial charge in [0.2, 0.25) is 0 Å². The summed E-state index contributed by atoms with van der Waals surface area (Å²) < 4.78 is 4.43.